The number of nitrogens with one attached hydrogen (secondary N) is 2. The Kier molecular flexibility index (Phi) is 4.97. The van der Waals surface area contributed by atoms with Crippen LogP contribution in [0.5, 0.6) is 0 Å². The van der Waals surface area contributed by atoms with Crippen LogP contribution in [0.1, 0.15) is 12.0 Å². The van der Waals surface area contributed by atoms with E-state index in [4.69, 9.17) is 23.8 Å². The molecular weight excluding hydrogens is 334 g/mol. The molecule has 0 spiro atoms. The summed E-state index contributed by atoms with van der Waals surface area (Å²) in [5.74, 6) is 0.968. The monoisotopic (exact) mass is 347 g/mol. The second-order valence-corrected chi connectivity index (χ2v) is 6.63. The summed E-state index contributed by atoms with van der Waals surface area (Å²) in [7, 11) is 0. The largest absolute Gasteiger partial charge is 0.331 e. The molecule has 0 amide bonds. The lowest BCUT2D eigenvalue weighted by Crippen LogP contribution is -2.26. The van der Waals surface area contributed by atoms with E-state index in [1.807, 2.05) is 48.5 Å². The summed E-state index contributed by atoms with van der Waals surface area (Å²) in [6.07, 6.45) is 0.888. The first-order valence-electron chi connectivity index (χ1n) is 6.84. The summed E-state index contributed by atoms with van der Waals surface area (Å²) in [5, 5.41) is 8.80. The lowest BCUT2D eigenvalue weighted by molar-refractivity contribution is 1.01. The smallest absolute Gasteiger partial charge is 0.191 e. The van der Waals surface area contributed by atoms with Crippen molar-refractivity contribution < 1.29 is 0 Å². The van der Waals surface area contributed by atoms with Gasteiger partial charge in [-0.3, -0.25) is 5.43 Å². The topological polar surface area (TPSA) is 36.4 Å². The quantitative estimate of drug-likeness (QED) is 0.618. The molecule has 6 heteroatoms. The minimum Gasteiger partial charge on any atom is -0.331 e. The van der Waals surface area contributed by atoms with Crippen LogP contribution in [0.15, 0.2) is 58.5 Å². The number of hydrazone groups is 1. The Bertz CT molecular complexity index is 717. The van der Waals surface area contributed by atoms with Gasteiger partial charge in [0.2, 0.25) is 0 Å². The van der Waals surface area contributed by atoms with Crippen molar-refractivity contribution >= 4 is 52.1 Å². The van der Waals surface area contributed by atoms with Crippen LogP contribution in [0.2, 0.25) is 5.02 Å². The summed E-state index contributed by atoms with van der Waals surface area (Å²) in [4.78, 5) is 1.10. The van der Waals surface area contributed by atoms with Crippen LogP contribution in [0.4, 0.5) is 5.69 Å². The summed E-state index contributed by atoms with van der Waals surface area (Å²) in [6, 6.07) is 15.7. The second kappa shape index (κ2) is 7.13. The number of para-hydroxylation sites is 1. The fourth-order valence-electron chi connectivity index (χ4n) is 2.18. The van der Waals surface area contributed by atoms with Crippen LogP contribution in [0.25, 0.3) is 0 Å². The lowest BCUT2D eigenvalue weighted by Gasteiger charge is -2.18. The van der Waals surface area contributed by atoms with Gasteiger partial charge in [0.1, 0.15) is 0 Å². The highest BCUT2D eigenvalue weighted by molar-refractivity contribution is 7.99. The number of benzene rings is 2. The fourth-order valence-corrected chi connectivity index (χ4v) is 3.73. The third-order valence-corrected chi connectivity index (χ3v) is 4.94. The maximum absolute atomic E-state index is 6.24. The molecule has 22 heavy (non-hydrogen) atoms. The minimum absolute atomic E-state index is 0.473. The maximum Gasteiger partial charge on any atom is 0.191 e. The van der Waals surface area contributed by atoms with Gasteiger partial charge in [-0.1, -0.05) is 41.9 Å². The van der Waals surface area contributed by atoms with Crippen molar-refractivity contribution in [3.05, 3.63) is 59.1 Å². The van der Waals surface area contributed by atoms with Gasteiger partial charge in [0.05, 0.1) is 10.7 Å². The molecule has 2 aromatic carbocycles. The number of thioether (sulfide) groups is 1. The van der Waals surface area contributed by atoms with E-state index in [0.717, 1.165) is 39.1 Å². The predicted octanol–water partition coefficient (Wildman–Crippen LogP) is 4.53. The third kappa shape index (κ3) is 3.61. The number of halogens is 1. The molecule has 0 radical (unpaired) electrons. The molecule has 1 aliphatic heterocycles. The van der Waals surface area contributed by atoms with Gasteiger partial charge in [-0.25, -0.2) is 0 Å². The predicted molar refractivity (Wildman–Crippen MR) is 99.1 cm³/mol. The molecule has 2 N–H and O–H groups in total. The molecule has 0 fully saturated rings. The van der Waals surface area contributed by atoms with Crippen LogP contribution in [0.3, 0.4) is 0 Å². The number of hydrogen-bond acceptors (Lipinski definition) is 3. The van der Waals surface area contributed by atoms with Gasteiger partial charge in [0.25, 0.3) is 0 Å². The normalized spacial score (nSPS) is 15.2. The van der Waals surface area contributed by atoms with Crippen LogP contribution >= 0.6 is 35.6 Å². The summed E-state index contributed by atoms with van der Waals surface area (Å²) in [6.45, 7) is 0. The zero-order valence-electron chi connectivity index (χ0n) is 11.7. The molecule has 0 atom stereocenters. The van der Waals surface area contributed by atoms with E-state index in [-0.39, 0.29) is 0 Å². The van der Waals surface area contributed by atoms with Crippen molar-refractivity contribution in [2.45, 2.75) is 11.3 Å². The van der Waals surface area contributed by atoms with Gasteiger partial charge in [-0.15, -0.1) is 11.8 Å². The first-order chi connectivity index (χ1) is 10.7. The second-order valence-electron chi connectivity index (χ2n) is 4.71. The van der Waals surface area contributed by atoms with Gasteiger partial charge in [-0.05, 0) is 30.4 Å². The Labute approximate surface area is 144 Å². The van der Waals surface area contributed by atoms with Gasteiger partial charge in [-0.2, -0.15) is 5.10 Å². The molecule has 0 saturated carbocycles. The molecular formula is C16H14ClN3S2. The average Bonchev–Trinajstić information content (AvgIpc) is 2.54. The number of rotatable bonds is 2. The van der Waals surface area contributed by atoms with Gasteiger partial charge in [0, 0.05) is 28.3 Å². The van der Waals surface area contributed by atoms with Crippen molar-refractivity contribution in [3.63, 3.8) is 0 Å². The Balaban J connectivity index is 1.72. The molecule has 2 aromatic rings. The molecule has 0 bridgehead atoms. The molecule has 0 aromatic heterocycles. The summed E-state index contributed by atoms with van der Waals surface area (Å²) >= 11 is 13.3. The number of fused-ring (bicyclic) bond motifs is 1. The highest BCUT2D eigenvalue weighted by Gasteiger charge is 2.18. The fraction of sp³-hybridized carbons (Fsp3) is 0.125. The Morgan fingerprint density at radius 2 is 1.95 bits per heavy atom. The van der Waals surface area contributed by atoms with Crippen LogP contribution in [-0.4, -0.2) is 16.6 Å². The van der Waals surface area contributed by atoms with Gasteiger partial charge >= 0.3 is 0 Å². The molecule has 0 unspecified atom stereocenters. The Morgan fingerprint density at radius 1 is 1.14 bits per heavy atom. The van der Waals surface area contributed by atoms with E-state index in [1.54, 1.807) is 11.8 Å². The maximum atomic E-state index is 6.24. The molecule has 1 heterocycles. The van der Waals surface area contributed by atoms with E-state index >= 15 is 0 Å². The third-order valence-electron chi connectivity index (χ3n) is 3.19. The molecule has 0 aliphatic carbocycles. The molecule has 3 nitrogen and oxygen atoms in total. The number of thiocarbonyl (C=S) groups is 1. The van der Waals surface area contributed by atoms with E-state index in [9.17, 15) is 0 Å². The first-order valence-corrected chi connectivity index (χ1v) is 8.61. The number of nitrogens with zero attached hydrogens (tertiary/aromatic N) is 1. The summed E-state index contributed by atoms with van der Waals surface area (Å²) in [5.41, 5.74) is 5.91. The Hall–Kier alpha value is -1.56. The number of hydrogen-bond donors (Lipinski definition) is 2. The van der Waals surface area contributed by atoms with Crippen LogP contribution in [0, 0.1) is 0 Å². The zero-order valence-corrected chi connectivity index (χ0v) is 14.1. The van der Waals surface area contributed by atoms with Gasteiger partial charge < -0.3 is 5.32 Å². The molecule has 112 valence electrons. The highest BCUT2D eigenvalue weighted by atomic mass is 35.5. The molecule has 1 aliphatic rings. The van der Waals surface area contributed by atoms with Crippen LogP contribution < -0.4 is 10.7 Å². The van der Waals surface area contributed by atoms with Crippen molar-refractivity contribution in [1.29, 1.82) is 0 Å². The standard InChI is InChI=1S/C16H14ClN3S2/c17-13-8-4-7-12-14(9-10-22-15(12)13)19-20-16(21)18-11-5-2-1-3-6-11/h1-8H,9-10H2,(H2,18,20,21). The zero-order chi connectivity index (χ0) is 15.4. The highest BCUT2D eigenvalue weighted by Crippen LogP contribution is 2.35. The van der Waals surface area contributed by atoms with Crippen molar-refractivity contribution in [1.82, 2.24) is 5.43 Å². The Morgan fingerprint density at radius 3 is 2.77 bits per heavy atom. The number of anilines is 1. The van der Waals surface area contributed by atoms with Gasteiger partial charge in [0.15, 0.2) is 5.11 Å². The van der Waals surface area contributed by atoms with Crippen molar-refractivity contribution in [2.75, 3.05) is 11.1 Å². The van der Waals surface area contributed by atoms with E-state index in [0.29, 0.717) is 5.11 Å². The van der Waals surface area contributed by atoms with E-state index in [1.165, 1.54) is 0 Å². The SMILES string of the molecule is S=C(NN=C1CCSc2c(Cl)cccc21)Nc1ccccc1. The first kappa shape index (κ1) is 15.3. The lowest BCUT2D eigenvalue weighted by atomic mass is 10.1. The average molecular weight is 348 g/mol. The molecule has 3 rings (SSSR count). The summed E-state index contributed by atoms with van der Waals surface area (Å²) < 4.78 is 0. The minimum atomic E-state index is 0.473. The van der Waals surface area contributed by atoms with E-state index < -0.39 is 0 Å². The molecule has 0 saturated heterocycles. The van der Waals surface area contributed by atoms with Crippen molar-refractivity contribution in [2.24, 2.45) is 5.10 Å². The van der Waals surface area contributed by atoms with Crippen molar-refractivity contribution in [3.8, 4) is 0 Å². The van der Waals surface area contributed by atoms with E-state index in [2.05, 4.69) is 15.8 Å². The van der Waals surface area contributed by atoms with Crippen LogP contribution in [-0.2, 0) is 0 Å².